The van der Waals surface area contributed by atoms with Crippen LogP contribution in [0.15, 0.2) is 16.7 Å². The lowest BCUT2D eigenvalue weighted by Gasteiger charge is -2.44. The zero-order valence-electron chi connectivity index (χ0n) is 10.5. The summed E-state index contributed by atoms with van der Waals surface area (Å²) in [6, 6.07) is 4.10. The molecule has 0 radical (unpaired) electrons. The third kappa shape index (κ3) is 2.10. The van der Waals surface area contributed by atoms with Gasteiger partial charge in [-0.2, -0.15) is 0 Å². The molecule has 3 aliphatic rings. The molecule has 0 saturated carbocycles. The molecule has 18 heavy (non-hydrogen) atoms. The second kappa shape index (κ2) is 4.70. The van der Waals surface area contributed by atoms with Gasteiger partial charge in [0.05, 0.1) is 4.60 Å². The normalized spacial score (nSPS) is 30.4. The van der Waals surface area contributed by atoms with Gasteiger partial charge in [0.25, 0.3) is 5.91 Å². The van der Waals surface area contributed by atoms with Crippen molar-refractivity contribution in [1.82, 2.24) is 14.8 Å². The fourth-order valence-corrected chi connectivity index (χ4v) is 3.41. The van der Waals surface area contributed by atoms with Crippen molar-refractivity contribution in [2.24, 2.45) is 13.0 Å². The summed E-state index contributed by atoms with van der Waals surface area (Å²) < 4.78 is 2.80. The van der Waals surface area contributed by atoms with E-state index in [9.17, 15) is 4.79 Å². The van der Waals surface area contributed by atoms with Crippen LogP contribution in [0.5, 0.6) is 0 Å². The maximum atomic E-state index is 12.3. The number of carbonyl (C=O) groups excluding carboxylic acids is 1. The van der Waals surface area contributed by atoms with Crippen molar-refractivity contribution in [3.63, 3.8) is 0 Å². The smallest absolute Gasteiger partial charge is 0.268 e. The van der Waals surface area contributed by atoms with E-state index in [4.69, 9.17) is 0 Å². The highest BCUT2D eigenvalue weighted by Crippen LogP contribution is 2.27. The number of nitrogens with zero attached hydrogens (tertiary/aromatic N) is 2. The number of piperidine rings is 3. The molecule has 1 amide bonds. The summed E-state index contributed by atoms with van der Waals surface area (Å²) in [6.07, 6.45) is 2.45. The zero-order chi connectivity index (χ0) is 12.7. The Balaban J connectivity index is 1.70. The molecule has 3 aliphatic heterocycles. The van der Waals surface area contributed by atoms with Crippen LogP contribution in [0.1, 0.15) is 23.3 Å². The molecule has 4 nitrogen and oxygen atoms in total. The molecule has 0 spiro atoms. The average Bonchev–Trinajstić information content (AvgIpc) is 2.71. The molecule has 1 atom stereocenters. The van der Waals surface area contributed by atoms with Crippen molar-refractivity contribution in [1.29, 1.82) is 0 Å². The average molecular weight is 312 g/mol. The molecule has 3 saturated heterocycles. The summed E-state index contributed by atoms with van der Waals surface area (Å²) >= 11 is 3.42. The quantitative estimate of drug-likeness (QED) is 0.901. The van der Waals surface area contributed by atoms with Crippen LogP contribution in [-0.2, 0) is 7.05 Å². The number of carbonyl (C=O) groups is 1. The van der Waals surface area contributed by atoms with Crippen molar-refractivity contribution >= 4 is 21.8 Å². The molecular formula is C13H18BrN3O. The van der Waals surface area contributed by atoms with E-state index < -0.39 is 0 Å². The Morgan fingerprint density at radius 2 is 2.11 bits per heavy atom. The van der Waals surface area contributed by atoms with Crippen molar-refractivity contribution < 1.29 is 4.79 Å². The van der Waals surface area contributed by atoms with E-state index in [-0.39, 0.29) is 5.91 Å². The lowest BCUT2D eigenvalue weighted by molar-refractivity contribution is 0.0616. The predicted octanol–water partition coefficient (Wildman–Crippen LogP) is 1.61. The standard InChI is InChI=1S/C13H18BrN3O/c1-16-11(2-3-12(16)14)13(18)15-10-8-17-6-4-9(10)5-7-17/h2-3,9-10H,4-8H2,1H3,(H,15,18). The summed E-state index contributed by atoms with van der Waals surface area (Å²) in [5.41, 5.74) is 0.721. The summed E-state index contributed by atoms with van der Waals surface area (Å²) in [7, 11) is 1.90. The van der Waals surface area contributed by atoms with Crippen LogP contribution in [0.4, 0.5) is 0 Å². The van der Waals surface area contributed by atoms with Gasteiger partial charge < -0.3 is 14.8 Å². The number of rotatable bonds is 2. The van der Waals surface area contributed by atoms with Crippen molar-refractivity contribution in [2.45, 2.75) is 18.9 Å². The van der Waals surface area contributed by atoms with Crippen molar-refractivity contribution in [3.05, 3.63) is 22.4 Å². The van der Waals surface area contributed by atoms with Crippen LogP contribution in [0, 0.1) is 5.92 Å². The minimum atomic E-state index is 0.0435. The minimum absolute atomic E-state index is 0.0435. The molecule has 1 unspecified atom stereocenters. The molecule has 1 N–H and O–H groups in total. The van der Waals surface area contributed by atoms with Crippen molar-refractivity contribution in [3.8, 4) is 0 Å². The first kappa shape index (κ1) is 12.2. The van der Waals surface area contributed by atoms with E-state index in [2.05, 4.69) is 26.1 Å². The number of nitrogens with one attached hydrogen (secondary N) is 1. The minimum Gasteiger partial charge on any atom is -0.346 e. The second-order valence-electron chi connectivity index (χ2n) is 5.32. The summed E-state index contributed by atoms with van der Waals surface area (Å²) in [4.78, 5) is 14.7. The first-order valence-corrected chi connectivity index (χ1v) is 7.29. The van der Waals surface area contributed by atoms with E-state index in [1.54, 1.807) is 0 Å². The number of aromatic nitrogens is 1. The third-order valence-corrected chi connectivity index (χ3v) is 5.06. The Morgan fingerprint density at radius 1 is 1.39 bits per heavy atom. The fraction of sp³-hybridized carbons (Fsp3) is 0.615. The Bertz CT molecular complexity index is 463. The van der Waals surface area contributed by atoms with E-state index in [0.717, 1.165) is 16.8 Å². The molecule has 1 aromatic rings. The molecule has 98 valence electrons. The van der Waals surface area contributed by atoms with Gasteiger partial charge in [0, 0.05) is 19.6 Å². The fourth-order valence-electron chi connectivity index (χ4n) is 3.09. The first-order valence-electron chi connectivity index (χ1n) is 6.49. The Morgan fingerprint density at radius 3 is 2.61 bits per heavy atom. The molecule has 4 rings (SSSR count). The van der Waals surface area contributed by atoms with Gasteiger partial charge in [0.1, 0.15) is 5.69 Å². The van der Waals surface area contributed by atoms with Crippen LogP contribution in [0.3, 0.4) is 0 Å². The number of hydrogen-bond donors (Lipinski definition) is 1. The monoisotopic (exact) mass is 311 g/mol. The molecule has 4 heterocycles. The summed E-state index contributed by atoms with van der Waals surface area (Å²) in [5.74, 6) is 0.713. The van der Waals surface area contributed by atoms with E-state index >= 15 is 0 Å². The van der Waals surface area contributed by atoms with Gasteiger partial charge in [0.2, 0.25) is 0 Å². The van der Waals surface area contributed by atoms with Crippen LogP contribution in [0.2, 0.25) is 0 Å². The van der Waals surface area contributed by atoms with E-state index in [1.807, 2.05) is 23.7 Å². The van der Waals surface area contributed by atoms with Gasteiger partial charge in [-0.1, -0.05) is 0 Å². The highest BCUT2D eigenvalue weighted by atomic mass is 79.9. The van der Waals surface area contributed by atoms with Gasteiger partial charge in [-0.25, -0.2) is 0 Å². The number of amides is 1. The largest absolute Gasteiger partial charge is 0.346 e. The number of fused-ring (bicyclic) bond motifs is 3. The lowest BCUT2D eigenvalue weighted by Crippen LogP contribution is -2.57. The third-order valence-electron chi connectivity index (χ3n) is 4.27. The molecule has 5 heteroatoms. The van der Waals surface area contributed by atoms with Crippen LogP contribution >= 0.6 is 15.9 Å². The van der Waals surface area contributed by atoms with Gasteiger partial charge in [-0.15, -0.1) is 0 Å². The number of hydrogen-bond acceptors (Lipinski definition) is 2. The van der Waals surface area contributed by atoms with E-state index in [0.29, 0.717) is 12.0 Å². The molecular weight excluding hydrogens is 294 g/mol. The number of halogens is 1. The molecule has 1 aromatic heterocycles. The van der Waals surface area contributed by atoms with Gasteiger partial charge in [-0.05, 0) is 59.9 Å². The zero-order valence-corrected chi connectivity index (χ0v) is 12.1. The molecule has 2 bridgehead atoms. The van der Waals surface area contributed by atoms with Gasteiger partial charge >= 0.3 is 0 Å². The lowest BCUT2D eigenvalue weighted by atomic mass is 9.84. The highest BCUT2D eigenvalue weighted by Gasteiger charge is 2.35. The SMILES string of the molecule is Cn1c(Br)ccc1C(=O)NC1CN2CCC1CC2. The van der Waals surface area contributed by atoms with Gasteiger partial charge in [0.15, 0.2) is 0 Å². The maximum absolute atomic E-state index is 12.3. The summed E-state index contributed by atoms with van der Waals surface area (Å²) in [6.45, 7) is 3.42. The van der Waals surface area contributed by atoms with Crippen LogP contribution in [0.25, 0.3) is 0 Å². The Hall–Kier alpha value is -0.810. The highest BCUT2D eigenvalue weighted by molar-refractivity contribution is 9.10. The van der Waals surface area contributed by atoms with Gasteiger partial charge in [-0.3, -0.25) is 4.79 Å². The Labute approximate surface area is 115 Å². The topological polar surface area (TPSA) is 37.3 Å². The van der Waals surface area contributed by atoms with Crippen LogP contribution in [-0.4, -0.2) is 41.1 Å². The Kier molecular flexibility index (Phi) is 3.20. The van der Waals surface area contributed by atoms with Crippen molar-refractivity contribution in [2.75, 3.05) is 19.6 Å². The molecule has 3 fully saturated rings. The summed E-state index contributed by atoms with van der Waals surface area (Å²) in [5, 5.41) is 3.20. The maximum Gasteiger partial charge on any atom is 0.268 e. The van der Waals surface area contributed by atoms with E-state index in [1.165, 1.54) is 25.9 Å². The molecule has 0 aliphatic carbocycles. The first-order chi connectivity index (χ1) is 8.65. The predicted molar refractivity (Wildman–Crippen MR) is 73.5 cm³/mol. The molecule has 0 aromatic carbocycles. The van der Waals surface area contributed by atoms with Crippen LogP contribution < -0.4 is 5.32 Å². The second-order valence-corrected chi connectivity index (χ2v) is 6.13.